The van der Waals surface area contributed by atoms with Crippen molar-refractivity contribution >= 4 is 23.8 Å². The van der Waals surface area contributed by atoms with Crippen molar-refractivity contribution in [1.29, 1.82) is 0 Å². The molecule has 0 radical (unpaired) electrons. The molecule has 3 rings (SSSR count). The third-order valence-corrected chi connectivity index (χ3v) is 7.71. The van der Waals surface area contributed by atoms with Gasteiger partial charge in [0.15, 0.2) is 0 Å². The Kier molecular flexibility index (Phi) is 5.11. The van der Waals surface area contributed by atoms with Gasteiger partial charge in [-0.2, -0.15) is 0 Å². The summed E-state index contributed by atoms with van der Waals surface area (Å²) in [6, 6.07) is 20.7. The van der Waals surface area contributed by atoms with Gasteiger partial charge in [0.1, 0.15) is 0 Å². The summed E-state index contributed by atoms with van der Waals surface area (Å²) < 4.78 is 0. The molecule has 0 aliphatic rings. The first-order chi connectivity index (χ1) is 11.9. The van der Waals surface area contributed by atoms with E-state index in [-0.39, 0.29) is 0 Å². The zero-order chi connectivity index (χ0) is 18.1. The van der Waals surface area contributed by atoms with Crippen LogP contribution in [-0.4, -0.2) is 0 Å². The van der Waals surface area contributed by atoms with Crippen LogP contribution < -0.4 is 15.9 Å². The second kappa shape index (κ2) is 7.14. The van der Waals surface area contributed by atoms with E-state index in [0.29, 0.717) is 0 Å². The fourth-order valence-corrected chi connectivity index (χ4v) is 6.33. The molecule has 25 heavy (non-hydrogen) atoms. The Hall–Kier alpha value is -1.91. The lowest BCUT2D eigenvalue weighted by molar-refractivity contribution is 1.41. The maximum Gasteiger partial charge on any atom is -0.0119 e. The minimum Gasteiger partial charge on any atom is -0.0590 e. The largest absolute Gasteiger partial charge is 0.0590 e. The molecule has 0 aromatic heterocycles. The summed E-state index contributed by atoms with van der Waals surface area (Å²) in [5.41, 5.74) is 8.17. The lowest BCUT2D eigenvalue weighted by Crippen LogP contribution is -2.26. The molecule has 0 nitrogen and oxygen atoms in total. The Morgan fingerprint density at radius 3 is 1.00 bits per heavy atom. The molecule has 0 heterocycles. The van der Waals surface area contributed by atoms with Gasteiger partial charge in [-0.25, -0.2) is 0 Å². The van der Waals surface area contributed by atoms with Gasteiger partial charge in [0, 0.05) is 0 Å². The van der Waals surface area contributed by atoms with Crippen LogP contribution in [0.25, 0.3) is 0 Å². The average Bonchev–Trinajstić information content (AvgIpc) is 2.57. The van der Waals surface area contributed by atoms with Crippen molar-refractivity contribution in [2.45, 2.75) is 41.5 Å². The molecule has 3 aromatic carbocycles. The second-order valence-electron chi connectivity index (χ2n) is 7.21. The third kappa shape index (κ3) is 3.70. The van der Waals surface area contributed by atoms with Gasteiger partial charge >= 0.3 is 0 Å². The van der Waals surface area contributed by atoms with Crippen LogP contribution in [0.15, 0.2) is 54.6 Å². The van der Waals surface area contributed by atoms with Crippen molar-refractivity contribution in [2.75, 3.05) is 0 Å². The molecule has 0 aliphatic heterocycles. The highest BCUT2D eigenvalue weighted by molar-refractivity contribution is 7.80. The van der Waals surface area contributed by atoms with Crippen LogP contribution in [0.2, 0.25) is 0 Å². The van der Waals surface area contributed by atoms with Gasteiger partial charge in [0.25, 0.3) is 0 Å². The van der Waals surface area contributed by atoms with Crippen molar-refractivity contribution in [2.24, 2.45) is 0 Å². The molecule has 3 aromatic rings. The topological polar surface area (TPSA) is 0 Å². The Labute approximate surface area is 153 Å². The Morgan fingerprint density at radius 2 is 0.720 bits per heavy atom. The van der Waals surface area contributed by atoms with Gasteiger partial charge in [-0.3, -0.25) is 0 Å². The fraction of sp³-hybridized carbons (Fsp3) is 0.250. The van der Waals surface area contributed by atoms with E-state index in [1.807, 2.05) is 0 Å². The fourth-order valence-electron chi connectivity index (χ4n) is 3.27. The van der Waals surface area contributed by atoms with Crippen LogP contribution in [0.1, 0.15) is 33.4 Å². The molecule has 0 aliphatic carbocycles. The number of aryl methyl sites for hydroxylation is 6. The molecule has 0 atom stereocenters. The second-order valence-corrected chi connectivity index (χ2v) is 9.32. The van der Waals surface area contributed by atoms with E-state index < -0.39 is 7.92 Å². The van der Waals surface area contributed by atoms with E-state index in [0.717, 1.165) is 0 Å². The van der Waals surface area contributed by atoms with Gasteiger partial charge in [-0.15, -0.1) is 0 Å². The lowest BCUT2D eigenvalue weighted by Gasteiger charge is -2.25. The van der Waals surface area contributed by atoms with Crippen LogP contribution in [0.5, 0.6) is 0 Å². The van der Waals surface area contributed by atoms with Crippen molar-refractivity contribution in [3.63, 3.8) is 0 Å². The first kappa shape index (κ1) is 17.9. The van der Waals surface area contributed by atoms with E-state index in [9.17, 15) is 0 Å². The van der Waals surface area contributed by atoms with Crippen LogP contribution >= 0.6 is 7.92 Å². The highest BCUT2D eigenvalue weighted by Crippen LogP contribution is 2.37. The molecule has 0 N–H and O–H groups in total. The van der Waals surface area contributed by atoms with Crippen LogP contribution in [-0.2, 0) is 0 Å². The maximum atomic E-state index is 2.39. The highest BCUT2D eigenvalue weighted by Gasteiger charge is 2.22. The molecule has 0 fully saturated rings. The molecule has 0 spiro atoms. The third-order valence-electron chi connectivity index (χ3n) is 4.82. The SMILES string of the molecule is Cc1ccc(C)c(P(c2cc(C)ccc2C)c2cc(C)ccc2C)c1. The minimum absolute atomic E-state index is 0.557. The average molecular weight is 346 g/mol. The van der Waals surface area contributed by atoms with E-state index in [1.165, 1.54) is 49.3 Å². The van der Waals surface area contributed by atoms with Crippen LogP contribution in [0, 0.1) is 41.5 Å². The Balaban J connectivity index is 2.34. The van der Waals surface area contributed by atoms with Crippen LogP contribution in [0.3, 0.4) is 0 Å². The summed E-state index contributed by atoms with van der Waals surface area (Å²) >= 11 is 0. The summed E-state index contributed by atoms with van der Waals surface area (Å²) in [5.74, 6) is 0. The zero-order valence-electron chi connectivity index (χ0n) is 16.1. The summed E-state index contributed by atoms with van der Waals surface area (Å²) in [7, 11) is -0.557. The van der Waals surface area contributed by atoms with E-state index >= 15 is 0 Å². The Bertz CT molecular complexity index is 799. The maximum absolute atomic E-state index is 2.39. The van der Waals surface area contributed by atoms with E-state index in [1.54, 1.807) is 0 Å². The normalized spacial score (nSPS) is 11.2. The molecular weight excluding hydrogens is 319 g/mol. The number of rotatable bonds is 3. The zero-order valence-corrected chi connectivity index (χ0v) is 17.0. The number of hydrogen-bond donors (Lipinski definition) is 0. The molecule has 0 saturated carbocycles. The summed E-state index contributed by atoms with van der Waals surface area (Å²) in [4.78, 5) is 0. The smallest absolute Gasteiger partial charge is 0.0119 e. The summed E-state index contributed by atoms with van der Waals surface area (Å²) in [6.07, 6.45) is 0. The van der Waals surface area contributed by atoms with Gasteiger partial charge in [0.2, 0.25) is 0 Å². The van der Waals surface area contributed by atoms with Gasteiger partial charge in [0.05, 0.1) is 0 Å². The minimum atomic E-state index is -0.557. The van der Waals surface area contributed by atoms with Crippen molar-refractivity contribution < 1.29 is 0 Å². The molecule has 128 valence electrons. The Morgan fingerprint density at radius 1 is 0.440 bits per heavy atom. The lowest BCUT2D eigenvalue weighted by atomic mass is 10.2. The molecule has 0 amide bonds. The van der Waals surface area contributed by atoms with Gasteiger partial charge in [-0.05, 0) is 82.1 Å². The van der Waals surface area contributed by atoms with Gasteiger partial charge in [-0.1, -0.05) is 71.3 Å². The predicted molar refractivity (Wildman–Crippen MR) is 114 cm³/mol. The van der Waals surface area contributed by atoms with Crippen molar-refractivity contribution in [1.82, 2.24) is 0 Å². The molecule has 0 saturated heterocycles. The summed E-state index contributed by atoms with van der Waals surface area (Å²) in [5, 5.41) is 4.45. The number of benzene rings is 3. The van der Waals surface area contributed by atoms with Gasteiger partial charge < -0.3 is 0 Å². The first-order valence-electron chi connectivity index (χ1n) is 8.88. The number of hydrogen-bond acceptors (Lipinski definition) is 0. The van der Waals surface area contributed by atoms with Crippen LogP contribution in [0.4, 0.5) is 0 Å². The molecule has 0 bridgehead atoms. The first-order valence-corrected chi connectivity index (χ1v) is 10.2. The highest BCUT2D eigenvalue weighted by atomic mass is 31.1. The molecular formula is C24H27P. The van der Waals surface area contributed by atoms with E-state index in [4.69, 9.17) is 0 Å². The predicted octanol–water partition coefficient (Wildman–Crippen LogP) is 5.30. The van der Waals surface area contributed by atoms with Crippen molar-refractivity contribution in [3.05, 3.63) is 88.0 Å². The molecule has 1 heteroatoms. The molecule has 0 unspecified atom stereocenters. The van der Waals surface area contributed by atoms with Crippen molar-refractivity contribution in [3.8, 4) is 0 Å². The standard InChI is InChI=1S/C24H27P/c1-16-7-10-19(4)22(13-16)25(23-14-17(2)8-11-20(23)5)24-15-18(3)9-12-21(24)6/h7-15H,1-6H3. The van der Waals surface area contributed by atoms with E-state index in [2.05, 4.69) is 96.1 Å². The quantitative estimate of drug-likeness (QED) is 0.565. The monoisotopic (exact) mass is 346 g/mol. The summed E-state index contributed by atoms with van der Waals surface area (Å²) in [6.45, 7) is 13.3.